The van der Waals surface area contributed by atoms with Crippen LogP contribution in [0.1, 0.15) is 50.2 Å². The fourth-order valence-corrected chi connectivity index (χ4v) is 6.90. The topological polar surface area (TPSA) is 96.0 Å². The number of amides is 2. The third-order valence-electron chi connectivity index (χ3n) is 7.70. The maximum atomic E-state index is 14.1. The van der Waals surface area contributed by atoms with Crippen LogP contribution in [-0.2, 0) is 26.2 Å². The van der Waals surface area contributed by atoms with Crippen molar-refractivity contribution in [3.8, 4) is 5.75 Å². The summed E-state index contributed by atoms with van der Waals surface area (Å²) in [6.45, 7) is 3.04. The van der Waals surface area contributed by atoms with Gasteiger partial charge in [0.1, 0.15) is 18.3 Å². The number of hydrogen-bond donors (Lipinski definition) is 1. The highest BCUT2D eigenvalue weighted by atomic mass is 35.5. The van der Waals surface area contributed by atoms with Crippen LogP contribution < -0.4 is 14.4 Å². The Kier molecular flexibility index (Phi) is 11.0. The minimum atomic E-state index is -4.21. The number of carbonyl (C=O) groups is 2. The minimum Gasteiger partial charge on any atom is -0.495 e. The monoisotopic (exact) mass is 645 g/mol. The van der Waals surface area contributed by atoms with Gasteiger partial charge in [-0.05, 0) is 74.7 Å². The summed E-state index contributed by atoms with van der Waals surface area (Å²) in [7, 11) is -2.76. The number of nitrogens with one attached hydrogen (secondary N) is 1. The Morgan fingerprint density at radius 2 is 1.63 bits per heavy atom. The van der Waals surface area contributed by atoms with Crippen molar-refractivity contribution < 1.29 is 22.7 Å². The van der Waals surface area contributed by atoms with Crippen molar-refractivity contribution in [2.24, 2.45) is 0 Å². The largest absolute Gasteiger partial charge is 0.495 e. The molecule has 1 fully saturated rings. The summed E-state index contributed by atoms with van der Waals surface area (Å²) in [5, 5.41) is 3.83. The van der Waals surface area contributed by atoms with Crippen LogP contribution in [0.3, 0.4) is 0 Å². The smallest absolute Gasteiger partial charge is 0.264 e. The average molecular weight is 647 g/mol. The maximum absolute atomic E-state index is 14.1. The lowest BCUT2D eigenvalue weighted by Crippen LogP contribution is -2.53. The van der Waals surface area contributed by atoms with Crippen LogP contribution in [0.4, 0.5) is 5.69 Å². The van der Waals surface area contributed by atoms with E-state index < -0.39 is 28.5 Å². The second-order valence-electron chi connectivity index (χ2n) is 10.8. The van der Waals surface area contributed by atoms with Gasteiger partial charge in [0, 0.05) is 17.6 Å². The SMILES string of the molecule is COc1ccc(N(CC(=O)N(Cc2ccc(Cl)cc2)[C@H](C)C(=O)NC2CCCCC2)S(=O)(=O)c2ccc(C)cc2)cc1Cl. The molecule has 43 heavy (non-hydrogen) atoms. The molecule has 0 aliphatic heterocycles. The van der Waals surface area contributed by atoms with Crippen LogP contribution in [0, 0.1) is 6.92 Å². The van der Waals surface area contributed by atoms with Gasteiger partial charge >= 0.3 is 0 Å². The van der Waals surface area contributed by atoms with E-state index >= 15 is 0 Å². The Morgan fingerprint density at radius 3 is 2.23 bits per heavy atom. The molecule has 11 heteroatoms. The molecule has 3 aromatic rings. The molecule has 1 aliphatic carbocycles. The highest BCUT2D eigenvalue weighted by Crippen LogP contribution is 2.32. The van der Waals surface area contributed by atoms with E-state index in [4.69, 9.17) is 27.9 Å². The van der Waals surface area contributed by atoms with Gasteiger partial charge in [-0.25, -0.2) is 8.42 Å². The molecule has 0 saturated heterocycles. The standard InChI is InChI=1S/C32H37Cl2N3O5S/c1-22-9-16-28(17-10-22)43(40,41)37(27-15-18-30(42-3)29(34)19-27)21-31(38)36(20-24-11-13-25(33)14-12-24)23(2)32(39)35-26-7-5-4-6-8-26/h9-19,23,26H,4-8,20-21H2,1-3H3,(H,35,39)/t23-/m1/s1. The zero-order chi connectivity index (χ0) is 31.1. The molecule has 0 bridgehead atoms. The van der Waals surface area contributed by atoms with Crippen LogP contribution >= 0.6 is 23.2 Å². The quantitative estimate of drug-likeness (QED) is 0.261. The fourth-order valence-electron chi connectivity index (χ4n) is 5.11. The number of sulfonamides is 1. The van der Waals surface area contributed by atoms with E-state index in [0.29, 0.717) is 10.8 Å². The van der Waals surface area contributed by atoms with E-state index in [1.165, 1.54) is 36.3 Å². The second kappa shape index (κ2) is 14.5. The molecular formula is C32H37Cl2N3O5S. The first-order chi connectivity index (χ1) is 20.5. The van der Waals surface area contributed by atoms with Gasteiger partial charge < -0.3 is 15.0 Å². The normalized spacial score (nSPS) is 14.5. The Morgan fingerprint density at radius 1 is 0.977 bits per heavy atom. The van der Waals surface area contributed by atoms with Crippen molar-refractivity contribution in [3.05, 3.63) is 87.9 Å². The number of nitrogens with zero attached hydrogens (tertiary/aromatic N) is 2. The van der Waals surface area contributed by atoms with Gasteiger partial charge in [-0.1, -0.05) is 72.3 Å². The van der Waals surface area contributed by atoms with Crippen LogP contribution in [-0.4, -0.2) is 50.9 Å². The molecule has 1 saturated carbocycles. The van der Waals surface area contributed by atoms with Gasteiger partial charge in [-0.3, -0.25) is 13.9 Å². The zero-order valence-corrected chi connectivity index (χ0v) is 26.9. The molecule has 0 aromatic heterocycles. The van der Waals surface area contributed by atoms with Crippen molar-refractivity contribution >= 4 is 50.7 Å². The molecule has 1 aliphatic rings. The van der Waals surface area contributed by atoms with Crippen molar-refractivity contribution in [2.75, 3.05) is 18.0 Å². The lowest BCUT2D eigenvalue weighted by Gasteiger charge is -2.33. The van der Waals surface area contributed by atoms with Crippen LogP contribution in [0.5, 0.6) is 5.75 Å². The number of ether oxygens (including phenoxy) is 1. The molecule has 0 unspecified atom stereocenters. The molecule has 0 radical (unpaired) electrons. The predicted molar refractivity (Wildman–Crippen MR) is 170 cm³/mol. The maximum Gasteiger partial charge on any atom is 0.264 e. The average Bonchev–Trinajstić information content (AvgIpc) is 2.99. The molecule has 1 atom stereocenters. The Labute approximate surface area is 264 Å². The summed E-state index contributed by atoms with van der Waals surface area (Å²) in [6.07, 6.45) is 5.02. The number of benzene rings is 3. The van der Waals surface area contributed by atoms with E-state index in [1.54, 1.807) is 49.4 Å². The Bertz CT molecular complexity index is 1530. The van der Waals surface area contributed by atoms with Gasteiger partial charge in [0.05, 0.1) is 22.7 Å². The van der Waals surface area contributed by atoms with Gasteiger partial charge in [0.15, 0.2) is 0 Å². The molecule has 230 valence electrons. The number of carbonyl (C=O) groups excluding carboxylic acids is 2. The molecule has 1 N–H and O–H groups in total. The second-order valence-corrected chi connectivity index (χ2v) is 13.5. The van der Waals surface area contributed by atoms with Crippen LogP contribution in [0.25, 0.3) is 0 Å². The summed E-state index contributed by atoms with van der Waals surface area (Å²) >= 11 is 12.5. The molecule has 2 amide bonds. The summed E-state index contributed by atoms with van der Waals surface area (Å²) in [5.74, 6) is -0.472. The summed E-state index contributed by atoms with van der Waals surface area (Å²) < 4.78 is 34.3. The number of aryl methyl sites for hydroxylation is 1. The first kappa shape index (κ1) is 32.6. The molecule has 0 spiro atoms. The van der Waals surface area contributed by atoms with E-state index in [2.05, 4.69) is 5.32 Å². The van der Waals surface area contributed by atoms with Gasteiger partial charge in [-0.15, -0.1) is 0 Å². The molecule has 3 aromatic carbocycles. The van der Waals surface area contributed by atoms with Crippen LogP contribution in [0.15, 0.2) is 71.6 Å². The van der Waals surface area contributed by atoms with Crippen molar-refractivity contribution in [2.45, 2.75) is 69.5 Å². The molecule has 8 nitrogen and oxygen atoms in total. The van der Waals surface area contributed by atoms with Crippen molar-refractivity contribution in [1.82, 2.24) is 10.2 Å². The van der Waals surface area contributed by atoms with Crippen LogP contribution in [0.2, 0.25) is 10.0 Å². The first-order valence-electron chi connectivity index (χ1n) is 14.3. The number of rotatable bonds is 11. The summed E-state index contributed by atoms with van der Waals surface area (Å²) in [5.41, 5.74) is 1.82. The number of anilines is 1. The van der Waals surface area contributed by atoms with Gasteiger partial charge in [-0.2, -0.15) is 0 Å². The van der Waals surface area contributed by atoms with Crippen molar-refractivity contribution in [1.29, 1.82) is 0 Å². The Balaban J connectivity index is 1.70. The Hall–Kier alpha value is -3.27. The number of halogens is 2. The lowest BCUT2D eigenvalue weighted by molar-refractivity contribution is -0.139. The third kappa shape index (κ3) is 8.22. The number of hydrogen-bond acceptors (Lipinski definition) is 5. The fraction of sp³-hybridized carbons (Fsp3) is 0.375. The van der Waals surface area contributed by atoms with Crippen molar-refractivity contribution in [3.63, 3.8) is 0 Å². The molecule has 0 heterocycles. The van der Waals surface area contributed by atoms with E-state index in [9.17, 15) is 18.0 Å². The van der Waals surface area contributed by atoms with Gasteiger partial charge in [0.25, 0.3) is 10.0 Å². The highest BCUT2D eigenvalue weighted by molar-refractivity contribution is 7.92. The molecular weight excluding hydrogens is 609 g/mol. The minimum absolute atomic E-state index is 0.0187. The number of methoxy groups -OCH3 is 1. The van der Waals surface area contributed by atoms with Gasteiger partial charge in [0.2, 0.25) is 11.8 Å². The summed E-state index contributed by atoms with van der Waals surface area (Å²) in [4.78, 5) is 29.0. The van der Waals surface area contributed by atoms with E-state index in [1.807, 2.05) is 6.92 Å². The third-order valence-corrected chi connectivity index (χ3v) is 10.0. The lowest BCUT2D eigenvalue weighted by atomic mass is 9.95. The van der Waals surface area contributed by atoms with E-state index in [-0.39, 0.29) is 34.1 Å². The molecule has 4 rings (SSSR count). The zero-order valence-electron chi connectivity index (χ0n) is 24.6. The van der Waals surface area contributed by atoms with E-state index in [0.717, 1.165) is 47.5 Å². The highest BCUT2D eigenvalue weighted by Gasteiger charge is 2.33. The predicted octanol–water partition coefficient (Wildman–Crippen LogP) is 6.37. The first-order valence-corrected chi connectivity index (χ1v) is 16.5. The summed E-state index contributed by atoms with van der Waals surface area (Å²) in [6, 6.07) is 17.1.